The van der Waals surface area contributed by atoms with Crippen LogP contribution < -0.4 is 0 Å². The average Bonchev–Trinajstić information content (AvgIpc) is 2.11. The van der Waals surface area contributed by atoms with E-state index in [1.165, 1.54) is 0 Å². The summed E-state index contributed by atoms with van der Waals surface area (Å²) < 4.78 is 0. The average molecular weight is 191 g/mol. The Labute approximate surface area is 84.6 Å². The number of thiol groups is 1. The first kappa shape index (κ1) is 10.1. The van der Waals surface area contributed by atoms with Crippen LogP contribution in [0.4, 0.5) is 5.69 Å². The van der Waals surface area contributed by atoms with Gasteiger partial charge in [0.1, 0.15) is 0 Å². The Morgan fingerprint density at radius 2 is 2.08 bits per heavy atom. The summed E-state index contributed by atoms with van der Waals surface area (Å²) in [7, 11) is 0. The van der Waals surface area contributed by atoms with Gasteiger partial charge in [0.05, 0.1) is 5.69 Å². The van der Waals surface area contributed by atoms with Crippen LogP contribution >= 0.6 is 12.6 Å². The van der Waals surface area contributed by atoms with E-state index in [0.717, 1.165) is 16.1 Å². The van der Waals surface area contributed by atoms with Gasteiger partial charge in [-0.3, -0.25) is 4.99 Å². The fraction of sp³-hybridized carbons (Fsp3) is 0.182. The van der Waals surface area contributed by atoms with Gasteiger partial charge in [-0.05, 0) is 19.9 Å². The normalized spacial score (nSPS) is 11.6. The molecule has 0 fully saturated rings. The van der Waals surface area contributed by atoms with E-state index in [2.05, 4.69) is 17.6 Å². The first-order chi connectivity index (χ1) is 6.29. The van der Waals surface area contributed by atoms with Gasteiger partial charge < -0.3 is 0 Å². The van der Waals surface area contributed by atoms with E-state index in [1.54, 1.807) is 6.21 Å². The molecule has 13 heavy (non-hydrogen) atoms. The zero-order chi connectivity index (χ0) is 9.68. The van der Waals surface area contributed by atoms with E-state index in [-0.39, 0.29) is 0 Å². The van der Waals surface area contributed by atoms with E-state index in [0.29, 0.717) is 0 Å². The largest absolute Gasteiger partial charge is 0.260 e. The quantitative estimate of drug-likeness (QED) is 0.540. The molecule has 0 bridgehead atoms. The Morgan fingerprint density at radius 1 is 1.31 bits per heavy atom. The molecule has 0 atom stereocenters. The molecule has 0 saturated heterocycles. The maximum atomic E-state index is 4.35. The van der Waals surface area contributed by atoms with Gasteiger partial charge in [0.15, 0.2) is 0 Å². The number of para-hydroxylation sites is 1. The van der Waals surface area contributed by atoms with Gasteiger partial charge in [0.2, 0.25) is 0 Å². The number of hydrogen-bond acceptors (Lipinski definition) is 2. The van der Waals surface area contributed by atoms with Gasteiger partial charge in [0.25, 0.3) is 0 Å². The minimum absolute atomic E-state index is 0.911. The standard InChI is InChI=1S/C11H13NS/c1-3-6-9-7-5-8-10(13)11(9)12-4-2/h3-8,13H,1-2H3/b6-3-,12-4-. The van der Waals surface area contributed by atoms with Crippen LogP contribution in [0.3, 0.4) is 0 Å². The molecule has 0 N–H and O–H groups in total. The Balaban J connectivity index is 3.25. The van der Waals surface area contributed by atoms with Crippen molar-refractivity contribution in [1.29, 1.82) is 0 Å². The highest BCUT2D eigenvalue weighted by Crippen LogP contribution is 2.28. The highest BCUT2D eigenvalue weighted by Gasteiger charge is 1.99. The summed E-state index contributed by atoms with van der Waals surface area (Å²) >= 11 is 4.35. The van der Waals surface area contributed by atoms with Crippen molar-refractivity contribution >= 4 is 30.6 Å². The highest BCUT2D eigenvalue weighted by atomic mass is 32.1. The van der Waals surface area contributed by atoms with Crippen LogP contribution in [0.2, 0.25) is 0 Å². The lowest BCUT2D eigenvalue weighted by Gasteiger charge is -2.02. The minimum atomic E-state index is 0.911. The molecule has 1 rings (SSSR count). The first-order valence-corrected chi connectivity index (χ1v) is 4.67. The molecular formula is C11H13NS. The van der Waals surface area contributed by atoms with E-state index in [9.17, 15) is 0 Å². The fourth-order valence-electron chi connectivity index (χ4n) is 1.13. The van der Waals surface area contributed by atoms with Crippen LogP contribution in [0, 0.1) is 0 Å². The molecule has 68 valence electrons. The van der Waals surface area contributed by atoms with Gasteiger partial charge in [-0.2, -0.15) is 0 Å². The van der Waals surface area contributed by atoms with E-state index < -0.39 is 0 Å². The first-order valence-electron chi connectivity index (χ1n) is 4.23. The maximum absolute atomic E-state index is 4.35. The van der Waals surface area contributed by atoms with Crippen LogP contribution in [-0.2, 0) is 0 Å². The van der Waals surface area contributed by atoms with Crippen molar-refractivity contribution in [2.45, 2.75) is 18.7 Å². The number of allylic oxidation sites excluding steroid dienone is 1. The summed E-state index contributed by atoms with van der Waals surface area (Å²) in [6, 6.07) is 5.95. The Morgan fingerprint density at radius 3 is 2.69 bits per heavy atom. The summed E-state index contributed by atoms with van der Waals surface area (Å²) in [5, 5.41) is 0. The predicted molar refractivity (Wildman–Crippen MR) is 62.2 cm³/mol. The molecule has 1 aromatic carbocycles. The second-order valence-electron chi connectivity index (χ2n) is 2.60. The number of aliphatic imine (C=N–C) groups is 1. The molecule has 1 aromatic rings. The topological polar surface area (TPSA) is 12.4 Å². The molecule has 0 aliphatic heterocycles. The predicted octanol–water partition coefficient (Wildman–Crippen LogP) is 3.73. The molecule has 0 aromatic heterocycles. The Kier molecular flexibility index (Phi) is 3.77. The van der Waals surface area contributed by atoms with Crippen LogP contribution in [0.25, 0.3) is 6.08 Å². The summed E-state index contributed by atoms with van der Waals surface area (Å²) in [6.07, 6.45) is 5.81. The van der Waals surface area contributed by atoms with Crippen LogP contribution in [0.5, 0.6) is 0 Å². The minimum Gasteiger partial charge on any atom is -0.260 e. The summed E-state index contributed by atoms with van der Waals surface area (Å²) in [5.41, 5.74) is 2.04. The SMILES string of the molecule is C/C=C\c1cccc(S)c1/N=C\C. The molecule has 0 amide bonds. The lowest BCUT2D eigenvalue weighted by Crippen LogP contribution is -1.77. The molecule has 0 saturated carbocycles. The molecule has 1 nitrogen and oxygen atoms in total. The Hall–Kier alpha value is -1.02. The van der Waals surface area contributed by atoms with Crippen LogP contribution in [-0.4, -0.2) is 6.21 Å². The summed E-state index contributed by atoms with van der Waals surface area (Å²) in [5.74, 6) is 0. The molecule has 0 aliphatic carbocycles. The van der Waals surface area contributed by atoms with Crippen molar-refractivity contribution < 1.29 is 0 Å². The zero-order valence-corrected chi connectivity index (χ0v) is 8.75. The highest BCUT2D eigenvalue weighted by molar-refractivity contribution is 7.80. The molecule has 0 unspecified atom stereocenters. The van der Waals surface area contributed by atoms with Crippen molar-refractivity contribution in [3.63, 3.8) is 0 Å². The summed E-state index contributed by atoms with van der Waals surface area (Å²) in [4.78, 5) is 5.18. The number of nitrogens with zero attached hydrogens (tertiary/aromatic N) is 1. The Bertz CT molecular complexity index is 340. The van der Waals surface area contributed by atoms with Crippen molar-refractivity contribution in [2.75, 3.05) is 0 Å². The zero-order valence-electron chi connectivity index (χ0n) is 7.86. The van der Waals surface area contributed by atoms with Crippen molar-refractivity contribution in [3.05, 3.63) is 29.8 Å². The van der Waals surface area contributed by atoms with Crippen molar-refractivity contribution in [1.82, 2.24) is 0 Å². The molecule has 0 heterocycles. The van der Waals surface area contributed by atoms with Gasteiger partial charge in [0, 0.05) is 16.7 Å². The fourth-order valence-corrected chi connectivity index (χ4v) is 1.41. The van der Waals surface area contributed by atoms with Crippen molar-refractivity contribution in [3.8, 4) is 0 Å². The third-order valence-corrected chi connectivity index (χ3v) is 2.01. The van der Waals surface area contributed by atoms with Gasteiger partial charge >= 0.3 is 0 Å². The van der Waals surface area contributed by atoms with Gasteiger partial charge in [-0.25, -0.2) is 0 Å². The van der Waals surface area contributed by atoms with Gasteiger partial charge in [-0.15, -0.1) is 12.6 Å². The third-order valence-electron chi connectivity index (χ3n) is 1.65. The second kappa shape index (κ2) is 4.87. The number of rotatable bonds is 2. The molecule has 0 radical (unpaired) electrons. The second-order valence-corrected chi connectivity index (χ2v) is 3.08. The number of hydrogen-bond donors (Lipinski definition) is 1. The summed E-state index contributed by atoms with van der Waals surface area (Å²) in [6.45, 7) is 3.89. The van der Waals surface area contributed by atoms with E-state index in [4.69, 9.17) is 0 Å². The van der Waals surface area contributed by atoms with Crippen LogP contribution in [0.1, 0.15) is 19.4 Å². The van der Waals surface area contributed by atoms with E-state index >= 15 is 0 Å². The molecule has 0 spiro atoms. The molecular weight excluding hydrogens is 178 g/mol. The maximum Gasteiger partial charge on any atom is 0.0830 e. The molecule has 0 aliphatic rings. The van der Waals surface area contributed by atoms with E-state index in [1.807, 2.05) is 44.2 Å². The smallest absolute Gasteiger partial charge is 0.0830 e. The third kappa shape index (κ3) is 2.46. The van der Waals surface area contributed by atoms with Crippen LogP contribution in [0.15, 0.2) is 34.2 Å². The monoisotopic (exact) mass is 191 g/mol. The lowest BCUT2D eigenvalue weighted by atomic mass is 10.1. The lowest BCUT2D eigenvalue weighted by molar-refractivity contribution is 1.37. The molecule has 2 heteroatoms. The van der Waals surface area contributed by atoms with Crippen molar-refractivity contribution in [2.24, 2.45) is 4.99 Å². The van der Waals surface area contributed by atoms with Gasteiger partial charge in [-0.1, -0.05) is 24.3 Å². The number of benzene rings is 1.